The van der Waals surface area contributed by atoms with Crippen molar-refractivity contribution in [2.45, 2.75) is 51.0 Å². The van der Waals surface area contributed by atoms with E-state index in [-0.39, 0.29) is 0 Å². The lowest BCUT2D eigenvalue weighted by Gasteiger charge is -2.18. The molecule has 0 spiro atoms. The van der Waals surface area contributed by atoms with E-state index in [0.29, 0.717) is 0 Å². The van der Waals surface area contributed by atoms with Crippen molar-refractivity contribution in [2.24, 2.45) is 11.8 Å². The average molecular weight is 243 g/mol. The van der Waals surface area contributed by atoms with Crippen LogP contribution in [-0.4, -0.2) is 12.6 Å². The second-order valence-corrected chi connectivity index (χ2v) is 6.16. The zero-order chi connectivity index (χ0) is 12.4. The van der Waals surface area contributed by atoms with E-state index in [2.05, 4.69) is 42.6 Å². The Labute approximate surface area is 111 Å². The molecule has 98 valence electrons. The summed E-state index contributed by atoms with van der Waals surface area (Å²) in [4.78, 5) is 0. The molecule has 0 saturated heterocycles. The molecule has 1 N–H and O–H groups in total. The normalized spacial score (nSPS) is 28.1. The highest BCUT2D eigenvalue weighted by Crippen LogP contribution is 2.51. The van der Waals surface area contributed by atoms with Gasteiger partial charge in [0.2, 0.25) is 0 Å². The van der Waals surface area contributed by atoms with Crippen molar-refractivity contribution in [1.82, 2.24) is 5.32 Å². The van der Waals surface area contributed by atoms with Crippen LogP contribution >= 0.6 is 0 Å². The summed E-state index contributed by atoms with van der Waals surface area (Å²) in [5.74, 6) is 2.77. The van der Waals surface area contributed by atoms with Gasteiger partial charge in [-0.05, 0) is 49.1 Å². The van der Waals surface area contributed by atoms with Crippen LogP contribution in [0, 0.1) is 11.8 Å². The molecule has 1 heteroatoms. The Bertz CT molecular complexity index is 368. The molecule has 1 aromatic carbocycles. The highest BCUT2D eigenvalue weighted by Gasteiger charge is 2.44. The van der Waals surface area contributed by atoms with Gasteiger partial charge >= 0.3 is 0 Å². The third kappa shape index (κ3) is 2.95. The van der Waals surface area contributed by atoms with E-state index in [0.717, 1.165) is 23.8 Å². The van der Waals surface area contributed by atoms with Gasteiger partial charge < -0.3 is 5.32 Å². The number of nitrogens with one attached hydrogen (secondary N) is 1. The van der Waals surface area contributed by atoms with Crippen LogP contribution in [0.2, 0.25) is 0 Å². The van der Waals surface area contributed by atoms with Crippen LogP contribution in [0.5, 0.6) is 0 Å². The average Bonchev–Trinajstić information content (AvgIpc) is 3.28. The summed E-state index contributed by atoms with van der Waals surface area (Å²) < 4.78 is 0. The molecule has 0 heterocycles. The quantitative estimate of drug-likeness (QED) is 0.764. The monoisotopic (exact) mass is 243 g/mol. The van der Waals surface area contributed by atoms with Gasteiger partial charge in [-0.3, -0.25) is 0 Å². The van der Waals surface area contributed by atoms with Crippen molar-refractivity contribution in [3.63, 3.8) is 0 Å². The molecule has 2 fully saturated rings. The van der Waals surface area contributed by atoms with E-state index in [4.69, 9.17) is 0 Å². The lowest BCUT2D eigenvalue weighted by atomic mass is 10.0. The molecule has 0 bridgehead atoms. The molecule has 1 nitrogen and oxygen atoms in total. The molecule has 0 aromatic heterocycles. The van der Waals surface area contributed by atoms with Crippen LogP contribution in [0.3, 0.4) is 0 Å². The second-order valence-electron chi connectivity index (χ2n) is 6.16. The Balaban J connectivity index is 1.58. The fourth-order valence-corrected chi connectivity index (χ4v) is 3.19. The molecule has 1 aromatic rings. The van der Waals surface area contributed by atoms with E-state index in [1.165, 1.54) is 38.6 Å². The third-order valence-electron chi connectivity index (χ3n) is 4.53. The topological polar surface area (TPSA) is 12.0 Å². The minimum atomic E-state index is 0.780. The maximum absolute atomic E-state index is 3.80. The summed E-state index contributed by atoms with van der Waals surface area (Å²) in [5, 5.41) is 3.80. The van der Waals surface area contributed by atoms with Crippen LogP contribution in [0.1, 0.15) is 50.5 Å². The fourth-order valence-electron chi connectivity index (χ4n) is 3.19. The summed E-state index contributed by atoms with van der Waals surface area (Å²) in [6.45, 7) is 3.46. The molecule has 18 heavy (non-hydrogen) atoms. The molecular formula is C17H25N. The first-order valence-electron chi connectivity index (χ1n) is 7.66. The third-order valence-corrected chi connectivity index (χ3v) is 4.53. The summed E-state index contributed by atoms with van der Waals surface area (Å²) in [6.07, 6.45) is 7.04. The van der Waals surface area contributed by atoms with Gasteiger partial charge in [0.1, 0.15) is 0 Å². The van der Waals surface area contributed by atoms with Crippen molar-refractivity contribution in [3.05, 3.63) is 35.9 Å². The van der Waals surface area contributed by atoms with E-state index in [1.807, 2.05) is 0 Å². The second kappa shape index (κ2) is 5.44. The Kier molecular flexibility index (Phi) is 3.69. The van der Waals surface area contributed by atoms with Gasteiger partial charge in [0, 0.05) is 6.04 Å². The highest BCUT2D eigenvalue weighted by molar-refractivity contribution is 5.26. The molecular weight excluding hydrogens is 218 g/mol. The summed E-state index contributed by atoms with van der Waals surface area (Å²) in [6, 6.07) is 11.9. The number of rotatable bonds is 7. The van der Waals surface area contributed by atoms with E-state index >= 15 is 0 Å². The van der Waals surface area contributed by atoms with Gasteiger partial charge in [0.25, 0.3) is 0 Å². The van der Waals surface area contributed by atoms with Crippen molar-refractivity contribution in [1.29, 1.82) is 0 Å². The molecule has 3 rings (SSSR count). The number of hydrogen-bond donors (Lipinski definition) is 1. The van der Waals surface area contributed by atoms with Gasteiger partial charge in [-0.2, -0.15) is 0 Å². The zero-order valence-corrected chi connectivity index (χ0v) is 11.4. The van der Waals surface area contributed by atoms with Crippen molar-refractivity contribution in [2.75, 3.05) is 6.54 Å². The summed E-state index contributed by atoms with van der Waals surface area (Å²) in [7, 11) is 0. The van der Waals surface area contributed by atoms with Gasteiger partial charge in [0.05, 0.1) is 0 Å². The van der Waals surface area contributed by atoms with E-state index in [9.17, 15) is 0 Å². The van der Waals surface area contributed by atoms with Crippen LogP contribution in [0.4, 0.5) is 0 Å². The maximum Gasteiger partial charge on any atom is 0.0104 e. The van der Waals surface area contributed by atoms with Gasteiger partial charge in [-0.25, -0.2) is 0 Å². The zero-order valence-electron chi connectivity index (χ0n) is 11.4. The standard InChI is InChI=1S/C17H25N/c1-2-10-18-17(11-13-8-9-13)16-12-15(16)14-6-4-3-5-7-14/h3-7,13,15-18H,2,8-12H2,1H3. The highest BCUT2D eigenvalue weighted by atomic mass is 14.9. The largest absolute Gasteiger partial charge is 0.314 e. The minimum absolute atomic E-state index is 0.780. The molecule has 0 radical (unpaired) electrons. The summed E-state index contributed by atoms with van der Waals surface area (Å²) in [5.41, 5.74) is 1.56. The predicted octanol–water partition coefficient (Wildman–Crippen LogP) is 3.96. The van der Waals surface area contributed by atoms with E-state index < -0.39 is 0 Å². The lowest BCUT2D eigenvalue weighted by Crippen LogP contribution is -2.32. The smallest absolute Gasteiger partial charge is 0.0104 e. The Hall–Kier alpha value is -0.820. The van der Waals surface area contributed by atoms with Crippen molar-refractivity contribution < 1.29 is 0 Å². The molecule has 2 aliphatic carbocycles. The minimum Gasteiger partial charge on any atom is -0.314 e. The fraction of sp³-hybridized carbons (Fsp3) is 0.647. The Morgan fingerprint density at radius 3 is 2.67 bits per heavy atom. The van der Waals surface area contributed by atoms with Crippen LogP contribution in [0.15, 0.2) is 30.3 Å². The molecule has 3 atom stereocenters. The Morgan fingerprint density at radius 1 is 1.22 bits per heavy atom. The van der Waals surface area contributed by atoms with Crippen LogP contribution < -0.4 is 5.32 Å². The van der Waals surface area contributed by atoms with Crippen LogP contribution in [0.25, 0.3) is 0 Å². The van der Waals surface area contributed by atoms with Crippen molar-refractivity contribution in [3.8, 4) is 0 Å². The lowest BCUT2D eigenvalue weighted by molar-refractivity contribution is 0.410. The molecule has 3 unspecified atom stereocenters. The summed E-state index contributed by atoms with van der Waals surface area (Å²) >= 11 is 0. The predicted molar refractivity (Wildman–Crippen MR) is 76.7 cm³/mol. The first kappa shape index (κ1) is 12.2. The van der Waals surface area contributed by atoms with Gasteiger partial charge in [-0.1, -0.05) is 50.1 Å². The number of hydrogen-bond acceptors (Lipinski definition) is 1. The molecule has 0 amide bonds. The van der Waals surface area contributed by atoms with E-state index in [1.54, 1.807) is 5.56 Å². The Morgan fingerprint density at radius 2 is 2.00 bits per heavy atom. The van der Waals surface area contributed by atoms with Crippen molar-refractivity contribution >= 4 is 0 Å². The SMILES string of the molecule is CCCNC(CC1CC1)C1CC1c1ccccc1. The maximum atomic E-state index is 3.80. The van der Waals surface area contributed by atoms with Gasteiger partial charge in [-0.15, -0.1) is 0 Å². The molecule has 0 aliphatic heterocycles. The first-order chi connectivity index (χ1) is 8.88. The molecule has 2 saturated carbocycles. The first-order valence-corrected chi connectivity index (χ1v) is 7.66. The molecule has 2 aliphatic rings. The van der Waals surface area contributed by atoms with Crippen LogP contribution in [-0.2, 0) is 0 Å². The number of benzene rings is 1. The van der Waals surface area contributed by atoms with Gasteiger partial charge in [0.15, 0.2) is 0 Å².